The van der Waals surface area contributed by atoms with Crippen LogP contribution in [0, 0.1) is 10.1 Å². The van der Waals surface area contributed by atoms with E-state index in [-0.39, 0.29) is 10.6 Å². The van der Waals surface area contributed by atoms with Crippen molar-refractivity contribution in [1.29, 1.82) is 0 Å². The molecule has 0 saturated carbocycles. The zero-order valence-electron chi connectivity index (χ0n) is 12.7. The minimum atomic E-state index is -0.387. The Kier molecular flexibility index (Phi) is 5.26. The molecule has 3 nitrogen and oxygen atoms in total. The van der Waals surface area contributed by atoms with Crippen molar-refractivity contribution < 1.29 is 4.92 Å². The molecule has 2 aromatic carbocycles. The molecule has 112 valence electrons. The average molecular weight is 293 g/mol. The van der Waals surface area contributed by atoms with Gasteiger partial charge in [0.05, 0.1) is 4.92 Å². The molecule has 0 unspecified atom stereocenters. The molecule has 0 atom stereocenters. The van der Waals surface area contributed by atoms with Crippen LogP contribution in [-0.2, 0) is 6.42 Å². The molecule has 0 N–H and O–H groups in total. The number of benzene rings is 2. The SMILES string of the molecule is C=C(/C=C(\C)c1ccc([N+](=O)[O-])cc1)CCc1ccccc1. The van der Waals surface area contributed by atoms with Gasteiger partial charge in [-0.05, 0) is 48.6 Å². The van der Waals surface area contributed by atoms with Gasteiger partial charge in [0.25, 0.3) is 5.69 Å². The van der Waals surface area contributed by atoms with Crippen molar-refractivity contribution in [1.82, 2.24) is 0 Å². The maximum absolute atomic E-state index is 10.7. The van der Waals surface area contributed by atoms with Crippen molar-refractivity contribution in [2.75, 3.05) is 0 Å². The van der Waals surface area contributed by atoms with Gasteiger partial charge < -0.3 is 0 Å². The molecule has 0 heterocycles. The van der Waals surface area contributed by atoms with Crippen molar-refractivity contribution >= 4 is 11.3 Å². The normalized spacial score (nSPS) is 11.2. The first-order valence-corrected chi connectivity index (χ1v) is 7.21. The molecule has 0 aromatic heterocycles. The van der Waals surface area contributed by atoms with E-state index in [0.717, 1.165) is 29.6 Å². The molecular weight excluding hydrogens is 274 g/mol. The van der Waals surface area contributed by atoms with Crippen molar-refractivity contribution in [3.8, 4) is 0 Å². The molecule has 2 rings (SSSR count). The van der Waals surface area contributed by atoms with Crippen LogP contribution >= 0.6 is 0 Å². The lowest BCUT2D eigenvalue weighted by molar-refractivity contribution is -0.384. The van der Waals surface area contributed by atoms with Crippen molar-refractivity contribution in [3.05, 3.63) is 94.1 Å². The van der Waals surface area contributed by atoms with E-state index in [0.29, 0.717) is 0 Å². The van der Waals surface area contributed by atoms with Gasteiger partial charge >= 0.3 is 0 Å². The average Bonchev–Trinajstić information content (AvgIpc) is 2.54. The van der Waals surface area contributed by atoms with Gasteiger partial charge in [0.1, 0.15) is 0 Å². The summed E-state index contributed by atoms with van der Waals surface area (Å²) in [5.41, 5.74) is 4.50. The summed E-state index contributed by atoms with van der Waals surface area (Å²) in [6.45, 7) is 6.09. The molecule has 0 aliphatic heterocycles. The zero-order valence-corrected chi connectivity index (χ0v) is 12.7. The van der Waals surface area contributed by atoms with Gasteiger partial charge in [0.2, 0.25) is 0 Å². The van der Waals surface area contributed by atoms with Crippen molar-refractivity contribution in [2.24, 2.45) is 0 Å². The fourth-order valence-corrected chi connectivity index (χ4v) is 2.26. The van der Waals surface area contributed by atoms with E-state index >= 15 is 0 Å². The lowest BCUT2D eigenvalue weighted by Gasteiger charge is -2.05. The van der Waals surface area contributed by atoms with Gasteiger partial charge in [-0.2, -0.15) is 0 Å². The van der Waals surface area contributed by atoms with E-state index in [2.05, 4.69) is 18.7 Å². The van der Waals surface area contributed by atoms with Crippen molar-refractivity contribution in [2.45, 2.75) is 19.8 Å². The predicted molar refractivity (Wildman–Crippen MR) is 90.7 cm³/mol. The summed E-state index contributed by atoms with van der Waals surface area (Å²) in [5.74, 6) is 0. The van der Waals surface area contributed by atoms with Crippen LogP contribution in [0.5, 0.6) is 0 Å². The third kappa shape index (κ3) is 4.42. The molecule has 0 fully saturated rings. The Bertz CT molecular complexity index is 685. The lowest BCUT2D eigenvalue weighted by Crippen LogP contribution is -1.89. The highest BCUT2D eigenvalue weighted by Crippen LogP contribution is 2.20. The Morgan fingerprint density at radius 2 is 1.77 bits per heavy atom. The van der Waals surface area contributed by atoms with Crippen LogP contribution in [0.2, 0.25) is 0 Å². The molecule has 0 aliphatic carbocycles. The summed E-state index contributed by atoms with van der Waals surface area (Å²) in [5, 5.41) is 10.7. The summed E-state index contributed by atoms with van der Waals surface area (Å²) in [7, 11) is 0. The van der Waals surface area contributed by atoms with Crippen LogP contribution in [0.4, 0.5) is 5.69 Å². The number of allylic oxidation sites excluding steroid dienone is 3. The number of hydrogen-bond donors (Lipinski definition) is 0. The van der Waals surface area contributed by atoms with Gasteiger partial charge in [-0.1, -0.05) is 48.6 Å². The third-order valence-corrected chi connectivity index (χ3v) is 3.53. The van der Waals surface area contributed by atoms with Crippen LogP contribution in [-0.4, -0.2) is 4.92 Å². The highest BCUT2D eigenvalue weighted by Gasteiger charge is 2.05. The van der Waals surface area contributed by atoms with E-state index in [1.165, 1.54) is 17.7 Å². The van der Waals surface area contributed by atoms with Crippen LogP contribution in [0.3, 0.4) is 0 Å². The van der Waals surface area contributed by atoms with Gasteiger partial charge in [-0.25, -0.2) is 0 Å². The summed E-state index contributed by atoms with van der Waals surface area (Å²) in [6.07, 6.45) is 3.90. The second-order valence-electron chi connectivity index (χ2n) is 5.28. The minimum absolute atomic E-state index is 0.111. The Hall–Kier alpha value is -2.68. The molecule has 3 heteroatoms. The van der Waals surface area contributed by atoms with E-state index < -0.39 is 0 Å². The Morgan fingerprint density at radius 1 is 1.14 bits per heavy atom. The Balaban J connectivity index is 1.98. The predicted octanol–water partition coefficient (Wildman–Crippen LogP) is 5.19. The summed E-state index contributed by atoms with van der Waals surface area (Å²) < 4.78 is 0. The number of nitrogens with zero attached hydrogens (tertiary/aromatic N) is 1. The van der Waals surface area contributed by atoms with Crippen molar-refractivity contribution in [3.63, 3.8) is 0 Å². The number of non-ortho nitro benzene ring substituents is 1. The topological polar surface area (TPSA) is 43.1 Å². The van der Waals surface area contributed by atoms with E-state index in [1.54, 1.807) is 12.1 Å². The Morgan fingerprint density at radius 3 is 2.36 bits per heavy atom. The van der Waals surface area contributed by atoms with E-state index in [1.807, 2.05) is 31.2 Å². The largest absolute Gasteiger partial charge is 0.269 e. The highest BCUT2D eigenvalue weighted by atomic mass is 16.6. The molecule has 0 radical (unpaired) electrons. The molecule has 0 amide bonds. The second kappa shape index (κ2) is 7.36. The maximum Gasteiger partial charge on any atom is 0.269 e. The number of nitro groups is 1. The smallest absolute Gasteiger partial charge is 0.258 e. The molecule has 22 heavy (non-hydrogen) atoms. The molecule has 0 aliphatic rings. The van der Waals surface area contributed by atoms with Gasteiger partial charge in [0, 0.05) is 12.1 Å². The van der Waals surface area contributed by atoms with E-state index in [9.17, 15) is 10.1 Å². The summed E-state index contributed by atoms with van der Waals surface area (Å²) in [4.78, 5) is 10.3. The molecule has 0 saturated heterocycles. The lowest BCUT2D eigenvalue weighted by atomic mass is 10.0. The molecule has 0 spiro atoms. The second-order valence-corrected chi connectivity index (χ2v) is 5.28. The van der Waals surface area contributed by atoms with Crippen LogP contribution in [0.1, 0.15) is 24.5 Å². The first-order valence-electron chi connectivity index (χ1n) is 7.21. The zero-order chi connectivity index (χ0) is 15.9. The first kappa shape index (κ1) is 15.7. The molecule has 0 bridgehead atoms. The van der Waals surface area contributed by atoms with Gasteiger partial charge in [-0.15, -0.1) is 0 Å². The number of nitro benzene ring substituents is 1. The standard InChI is InChI=1S/C19H19NO2/c1-15(8-9-17-6-4-3-5-7-17)14-16(2)18-10-12-19(13-11-18)20(21)22/h3-7,10-14H,1,8-9H2,2H3/b16-14+. The van der Waals surface area contributed by atoms with Crippen LogP contribution in [0.15, 0.2) is 72.8 Å². The number of rotatable bonds is 6. The number of aryl methyl sites for hydroxylation is 1. The third-order valence-electron chi connectivity index (χ3n) is 3.53. The first-order chi connectivity index (χ1) is 10.6. The Labute approximate surface area is 130 Å². The molecule has 2 aromatic rings. The van der Waals surface area contributed by atoms with Gasteiger partial charge in [-0.3, -0.25) is 10.1 Å². The fourth-order valence-electron chi connectivity index (χ4n) is 2.26. The summed E-state index contributed by atoms with van der Waals surface area (Å²) >= 11 is 0. The number of hydrogen-bond acceptors (Lipinski definition) is 2. The highest BCUT2D eigenvalue weighted by molar-refractivity contribution is 5.67. The minimum Gasteiger partial charge on any atom is -0.258 e. The van der Waals surface area contributed by atoms with E-state index in [4.69, 9.17) is 0 Å². The monoisotopic (exact) mass is 293 g/mol. The van der Waals surface area contributed by atoms with Crippen LogP contribution in [0.25, 0.3) is 5.57 Å². The molecular formula is C19H19NO2. The fraction of sp³-hybridized carbons (Fsp3) is 0.158. The van der Waals surface area contributed by atoms with Gasteiger partial charge in [0.15, 0.2) is 0 Å². The quantitative estimate of drug-likeness (QED) is 0.418. The maximum atomic E-state index is 10.7. The summed E-state index contributed by atoms with van der Waals surface area (Å²) in [6, 6.07) is 16.9. The van der Waals surface area contributed by atoms with Crippen LogP contribution < -0.4 is 0 Å².